The van der Waals surface area contributed by atoms with Crippen LogP contribution in [0.2, 0.25) is 0 Å². The van der Waals surface area contributed by atoms with E-state index < -0.39 is 0 Å². The van der Waals surface area contributed by atoms with Gasteiger partial charge in [0.25, 0.3) is 0 Å². The van der Waals surface area contributed by atoms with Gasteiger partial charge >= 0.3 is 0 Å². The molecular weight excluding hydrogens is 406 g/mol. The third-order valence-corrected chi connectivity index (χ3v) is 5.34. The van der Waals surface area contributed by atoms with Crippen LogP contribution in [0, 0.1) is 0 Å². The first-order valence-corrected chi connectivity index (χ1v) is 11.0. The highest BCUT2D eigenvalue weighted by atomic mass is 16.5. The Kier molecular flexibility index (Phi) is 8.60. The Morgan fingerprint density at radius 2 is 1.72 bits per heavy atom. The van der Waals surface area contributed by atoms with Gasteiger partial charge in [0.15, 0.2) is 17.5 Å². The first-order valence-electron chi connectivity index (χ1n) is 11.0. The average Bonchev–Trinajstić information content (AvgIpc) is 2.84. The lowest BCUT2D eigenvalue weighted by molar-refractivity contribution is -0.131. The Balaban J connectivity index is 1.51. The highest BCUT2D eigenvalue weighted by Crippen LogP contribution is 2.29. The fourth-order valence-electron chi connectivity index (χ4n) is 3.63. The number of para-hydroxylation sites is 1. The number of guanidine groups is 1. The Labute approximate surface area is 190 Å². The zero-order valence-corrected chi connectivity index (χ0v) is 19.1. The molecule has 8 heteroatoms. The van der Waals surface area contributed by atoms with Gasteiger partial charge in [-0.3, -0.25) is 9.79 Å². The predicted molar refractivity (Wildman–Crippen MR) is 129 cm³/mol. The molecule has 2 aromatic carbocycles. The van der Waals surface area contributed by atoms with Gasteiger partial charge in [-0.2, -0.15) is 0 Å². The first-order chi connectivity index (χ1) is 15.6. The van der Waals surface area contributed by atoms with Crippen molar-refractivity contribution in [2.75, 3.05) is 63.7 Å². The number of aliphatic imine (C=N–C) groups is 1. The fraction of sp³-hybridized carbons (Fsp3) is 0.417. The topological polar surface area (TPSA) is 78.4 Å². The van der Waals surface area contributed by atoms with E-state index in [1.54, 1.807) is 14.2 Å². The van der Waals surface area contributed by atoms with Gasteiger partial charge in [-0.1, -0.05) is 18.2 Å². The van der Waals surface area contributed by atoms with Crippen LogP contribution in [0.3, 0.4) is 0 Å². The van der Waals surface area contributed by atoms with Gasteiger partial charge in [-0.15, -0.1) is 0 Å². The molecule has 0 aliphatic carbocycles. The van der Waals surface area contributed by atoms with Crippen molar-refractivity contribution in [1.82, 2.24) is 10.2 Å². The van der Waals surface area contributed by atoms with Gasteiger partial charge in [0.1, 0.15) is 0 Å². The van der Waals surface area contributed by atoms with E-state index in [2.05, 4.69) is 32.7 Å². The van der Waals surface area contributed by atoms with Gasteiger partial charge in [-0.25, -0.2) is 0 Å². The molecule has 8 nitrogen and oxygen atoms in total. The van der Waals surface area contributed by atoms with E-state index in [0.29, 0.717) is 37.0 Å². The van der Waals surface area contributed by atoms with Gasteiger partial charge in [0.05, 0.1) is 20.8 Å². The number of ether oxygens (including phenoxy) is 2. The Hall–Kier alpha value is -3.42. The molecule has 172 valence electrons. The summed E-state index contributed by atoms with van der Waals surface area (Å²) in [5, 5.41) is 6.46. The molecule has 1 aliphatic heterocycles. The van der Waals surface area contributed by atoms with Crippen molar-refractivity contribution in [2.24, 2.45) is 4.99 Å². The van der Waals surface area contributed by atoms with Crippen molar-refractivity contribution >= 4 is 23.2 Å². The summed E-state index contributed by atoms with van der Waals surface area (Å²) in [5.41, 5.74) is 2.03. The summed E-state index contributed by atoms with van der Waals surface area (Å²) >= 11 is 0. The molecule has 1 saturated heterocycles. The van der Waals surface area contributed by atoms with Crippen molar-refractivity contribution in [1.29, 1.82) is 0 Å². The van der Waals surface area contributed by atoms with E-state index in [9.17, 15) is 4.79 Å². The number of carbonyl (C=O) groups is 1. The molecule has 2 N–H and O–H groups in total. The quantitative estimate of drug-likeness (QED) is 0.487. The SMILES string of the molecule is CCNC(=NCCC(=O)N1CCN(c2ccccc2)CC1)Nc1ccc(OC)c(OC)c1. The van der Waals surface area contributed by atoms with E-state index in [1.165, 1.54) is 5.69 Å². The number of anilines is 2. The molecule has 0 unspecified atom stereocenters. The van der Waals surface area contributed by atoms with Crippen LogP contribution in [0.4, 0.5) is 11.4 Å². The van der Waals surface area contributed by atoms with E-state index in [0.717, 1.165) is 31.9 Å². The summed E-state index contributed by atoms with van der Waals surface area (Å²) in [7, 11) is 3.21. The van der Waals surface area contributed by atoms with Gasteiger partial charge in [-0.05, 0) is 31.2 Å². The summed E-state index contributed by atoms with van der Waals surface area (Å²) < 4.78 is 10.6. The van der Waals surface area contributed by atoms with E-state index >= 15 is 0 Å². The van der Waals surface area contributed by atoms with Crippen LogP contribution in [0.25, 0.3) is 0 Å². The molecule has 1 amide bonds. The second-order valence-electron chi connectivity index (χ2n) is 7.41. The molecule has 0 bridgehead atoms. The number of nitrogens with one attached hydrogen (secondary N) is 2. The molecule has 0 radical (unpaired) electrons. The average molecular weight is 440 g/mol. The monoisotopic (exact) mass is 439 g/mol. The summed E-state index contributed by atoms with van der Waals surface area (Å²) in [4.78, 5) is 21.5. The molecule has 1 fully saturated rings. The lowest BCUT2D eigenvalue weighted by Crippen LogP contribution is -2.48. The van der Waals surface area contributed by atoms with E-state index in [4.69, 9.17) is 9.47 Å². The molecule has 1 aliphatic rings. The minimum Gasteiger partial charge on any atom is -0.493 e. The van der Waals surface area contributed by atoms with Crippen LogP contribution < -0.4 is 25.0 Å². The summed E-state index contributed by atoms with van der Waals surface area (Å²) in [5.74, 6) is 2.07. The number of nitrogens with zero attached hydrogens (tertiary/aromatic N) is 3. The number of hydrogen-bond donors (Lipinski definition) is 2. The molecule has 0 saturated carbocycles. The number of carbonyl (C=O) groups excluding carboxylic acids is 1. The third kappa shape index (κ3) is 6.29. The zero-order chi connectivity index (χ0) is 22.8. The molecule has 3 rings (SSSR count). The summed E-state index contributed by atoms with van der Waals surface area (Å²) in [6, 6.07) is 15.9. The maximum atomic E-state index is 12.7. The van der Waals surface area contributed by atoms with Gasteiger partial charge in [0, 0.05) is 56.6 Å². The number of hydrogen-bond acceptors (Lipinski definition) is 5. The van der Waals surface area contributed by atoms with Crippen molar-refractivity contribution in [2.45, 2.75) is 13.3 Å². The molecule has 0 atom stereocenters. The Morgan fingerprint density at radius 1 is 1.00 bits per heavy atom. The number of piperazine rings is 1. The number of rotatable bonds is 8. The van der Waals surface area contributed by atoms with Crippen LogP contribution in [0.5, 0.6) is 11.5 Å². The number of methoxy groups -OCH3 is 2. The van der Waals surface area contributed by atoms with Crippen molar-refractivity contribution < 1.29 is 14.3 Å². The smallest absolute Gasteiger partial charge is 0.224 e. The minimum absolute atomic E-state index is 0.142. The molecule has 32 heavy (non-hydrogen) atoms. The highest BCUT2D eigenvalue weighted by molar-refractivity contribution is 5.94. The molecule has 1 heterocycles. The Bertz CT molecular complexity index is 896. The zero-order valence-electron chi connectivity index (χ0n) is 19.1. The second kappa shape index (κ2) is 11.8. The van der Waals surface area contributed by atoms with Crippen LogP contribution in [0.15, 0.2) is 53.5 Å². The van der Waals surface area contributed by atoms with Crippen LogP contribution in [-0.4, -0.2) is 70.3 Å². The lowest BCUT2D eigenvalue weighted by Gasteiger charge is -2.36. The molecular formula is C24H33N5O3. The van der Waals surface area contributed by atoms with Crippen LogP contribution >= 0.6 is 0 Å². The molecule has 0 aromatic heterocycles. The standard InChI is InChI=1S/C24H33N5O3/c1-4-25-24(27-19-10-11-21(31-2)22(18-19)32-3)26-13-12-23(30)29-16-14-28(15-17-29)20-8-6-5-7-9-20/h5-11,18H,4,12-17H2,1-3H3,(H2,25,26,27). The minimum atomic E-state index is 0.142. The van der Waals surface area contributed by atoms with Crippen LogP contribution in [0.1, 0.15) is 13.3 Å². The third-order valence-electron chi connectivity index (χ3n) is 5.34. The largest absolute Gasteiger partial charge is 0.493 e. The fourth-order valence-corrected chi connectivity index (χ4v) is 3.63. The second-order valence-corrected chi connectivity index (χ2v) is 7.41. The highest BCUT2D eigenvalue weighted by Gasteiger charge is 2.20. The van der Waals surface area contributed by atoms with Crippen molar-refractivity contribution in [3.63, 3.8) is 0 Å². The predicted octanol–water partition coefficient (Wildman–Crippen LogP) is 2.82. The van der Waals surface area contributed by atoms with Gasteiger partial charge in [0.2, 0.25) is 5.91 Å². The maximum Gasteiger partial charge on any atom is 0.224 e. The number of benzene rings is 2. The normalized spacial score (nSPS) is 14.2. The maximum absolute atomic E-state index is 12.7. The molecule has 2 aromatic rings. The summed E-state index contributed by atoms with van der Waals surface area (Å²) in [6.07, 6.45) is 0.383. The number of amides is 1. The van der Waals surface area contributed by atoms with E-state index in [1.807, 2.05) is 48.2 Å². The van der Waals surface area contributed by atoms with E-state index in [-0.39, 0.29) is 5.91 Å². The van der Waals surface area contributed by atoms with Crippen molar-refractivity contribution in [3.05, 3.63) is 48.5 Å². The first kappa shape index (κ1) is 23.2. The lowest BCUT2D eigenvalue weighted by atomic mass is 10.2. The van der Waals surface area contributed by atoms with Crippen molar-refractivity contribution in [3.8, 4) is 11.5 Å². The summed E-state index contributed by atoms with van der Waals surface area (Å²) in [6.45, 7) is 6.31. The van der Waals surface area contributed by atoms with Gasteiger partial charge < -0.3 is 29.9 Å². The molecule has 0 spiro atoms. The Morgan fingerprint density at radius 3 is 2.38 bits per heavy atom. The van der Waals surface area contributed by atoms with Crippen LogP contribution in [-0.2, 0) is 4.79 Å².